The van der Waals surface area contributed by atoms with Crippen molar-refractivity contribution >= 4 is 32.5 Å². The van der Waals surface area contributed by atoms with Crippen LogP contribution in [0.4, 0.5) is 0 Å². The van der Waals surface area contributed by atoms with Gasteiger partial charge in [-0.2, -0.15) is 0 Å². The highest BCUT2D eigenvalue weighted by Gasteiger charge is 2.23. The quantitative estimate of drug-likeness (QED) is 0.274. The molecule has 0 spiro atoms. The molecule has 33 heavy (non-hydrogen) atoms. The molecule has 6 rings (SSSR count). The molecule has 1 heteroatoms. The molecule has 160 valence electrons. The minimum Gasteiger partial charge on any atom is -0.456 e. The zero-order valence-corrected chi connectivity index (χ0v) is 19.2. The van der Waals surface area contributed by atoms with Crippen LogP contribution in [0.15, 0.2) is 101 Å². The first-order valence-electron chi connectivity index (χ1n) is 11.7. The highest BCUT2D eigenvalue weighted by atomic mass is 16.3. The highest BCUT2D eigenvalue weighted by molar-refractivity contribution is 6.18. The van der Waals surface area contributed by atoms with E-state index in [0.29, 0.717) is 5.92 Å². The summed E-state index contributed by atoms with van der Waals surface area (Å²) in [7, 11) is 0. The van der Waals surface area contributed by atoms with Gasteiger partial charge in [0, 0.05) is 16.5 Å². The summed E-state index contributed by atoms with van der Waals surface area (Å²) in [6.07, 6.45) is 0. The molecule has 0 aliphatic heterocycles. The lowest BCUT2D eigenvalue weighted by Crippen LogP contribution is -1.98. The van der Waals surface area contributed by atoms with Crippen molar-refractivity contribution in [1.82, 2.24) is 0 Å². The Morgan fingerprint density at radius 3 is 2.03 bits per heavy atom. The Morgan fingerprint density at radius 1 is 0.606 bits per heavy atom. The van der Waals surface area contributed by atoms with E-state index < -0.39 is 0 Å². The third-order valence-electron chi connectivity index (χ3n) is 6.76. The molecular formula is C32H26O. The lowest BCUT2D eigenvalue weighted by molar-refractivity contribution is 0.623. The fraction of sp³-hybridized carbons (Fsp3) is 0.125. The van der Waals surface area contributed by atoms with Crippen molar-refractivity contribution in [3.63, 3.8) is 0 Å². The van der Waals surface area contributed by atoms with Gasteiger partial charge in [0.15, 0.2) is 0 Å². The SMILES string of the molecule is Cc1ccc2ccccc2c1-c1c(C(C)C)c2oc(-c3ccccc3)cc2c2ccccc12. The molecule has 0 radical (unpaired) electrons. The Kier molecular flexibility index (Phi) is 4.58. The van der Waals surface area contributed by atoms with E-state index in [4.69, 9.17) is 4.42 Å². The number of furan rings is 1. The zero-order valence-electron chi connectivity index (χ0n) is 19.2. The molecule has 0 saturated carbocycles. The van der Waals surface area contributed by atoms with Crippen LogP contribution in [-0.2, 0) is 0 Å². The van der Waals surface area contributed by atoms with Crippen molar-refractivity contribution in [3.05, 3.63) is 108 Å². The molecule has 1 heterocycles. The summed E-state index contributed by atoms with van der Waals surface area (Å²) in [4.78, 5) is 0. The lowest BCUT2D eigenvalue weighted by Gasteiger charge is -2.20. The molecule has 0 bridgehead atoms. The molecule has 0 fully saturated rings. The van der Waals surface area contributed by atoms with Crippen LogP contribution < -0.4 is 0 Å². The fourth-order valence-electron chi connectivity index (χ4n) is 5.26. The molecular weight excluding hydrogens is 400 g/mol. The molecule has 6 aromatic rings. The van der Waals surface area contributed by atoms with E-state index in [1.54, 1.807) is 0 Å². The van der Waals surface area contributed by atoms with E-state index in [1.807, 2.05) is 6.07 Å². The normalized spacial score (nSPS) is 11.8. The van der Waals surface area contributed by atoms with Gasteiger partial charge in [0.05, 0.1) is 0 Å². The molecule has 0 saturated heterocycles. The smallest absolute Gasteiger partial charge is 0.139 e. The van der Waals surface area contributed by atoms with Crippen molar-refractivity contribution in [2.45, 2.75) is 26.7 Å². The van der Waals surface area contributed by atoms with Crippen LogP contribution in [0.2, 0.25) is 0 Å². The van der Waals surface area contributed by atoms with Crippen molar-refractivity contribution < 1.29 is 4.42 Å². The molecule has 0 N–H and O–H groups in total. The van der Waals surface area contributed by atoms with Gasteiger partial charge in [0.25, 0.3) is 0 Å². The second kappa shape index (κ2) is 7.64. The largest absolute Gasteiger partial charge is 0.456 e. The summed E-state index contributed by atoms with van der Waals surface area (Å²) in [6.45, 7) is 6.78. The maximum atomic E-state index is 6.67. The monoisotopic (exact) mass is 426 g/mol. The summed E-state index contributed by atoms with van der Waals surface area (Å²) in [5, 5.41) is 6.27. The fourth-order valence-corrected chi connectivity index (χ4v) is 5.26. The predicted octanol–water partition coefficient (Wildman–Crippen LogP) is 9.51. The first kappa shape index (κ1) is 19.8. The molecule has 0 amide bonds. The van der Waals surface area contributed by atoms with Crippen molar-refractivity contribution in [2.24, 2.45) is 0 Å². The van der Waals surface area contributed by atoms with E-state index in [1.165, 1.54) is 49.2 Å². The van der Waals surface area contributed by atoms with Crippen LogP contribution in [0.1, 0.15) is 30.9 Å². The van der Waals surface area contributed by atoms with E-state index in [2.05, 4.69) is 112 Å². The molecule has 0 atom stereocenters. The Hall–Kier alpha value is -3.84. The standard InChI is InChI=1S/C32H26O/c1-20(2)29-31(30-21(3)17-18-22-11-7-8-14-24(22)30)26-16-10-9-15-25(26)27-19-28(33-32(27)29)23-12-5-4-6-13-23/h4-20H,1-3H3. The van der Waals surface area contributed by atoms with Crippen LogP contribution in [0.25, 0.3) is 55.0 Å². The summed E-state index contributed by atoms with van der Waals surface area (Å²) >= 11 is 0. The van der Waals surface area contributed by atoms with E-state index in [9.17, 15) is 0 Å². The van der Waals surface area contributed by atoms with Crippen LogP contribution >= 0.6 is 0 Å². The van der Waals surface area contributed by atoms with Gasteiger partial charge < -0.3 is 4.42 Å². The summed E-state index contributed by atoms with van der Waals surface area (Å²) in [5.74, 6) is 1.23. The van der Waals surface area contributed by atoms with Crippen molar-refractivity contribution in [1.29, 1.82) is 0 Å². The summed E-state index contributed by atoms with van der Waals surface area (Å²) in [5.41, 5.74) is 7.30. The third kappa shape index (κ3) is 3.08. The van der Waals surface area contributed by atoms with E-state index in [0.717, 1.165) is 16.9 Å². The van der Waals surface area contributed by atoms with Gasteiger partial charge in [-0.25, -0.2) is 0 Å². The van der Waals surface area contributed by atoms with Crippen molar-refractivity contribution in [3.8, 4) is 22.5 Å². The van der Waals surface area contributed by atoms with Gasteiger partial charge in [0.1, 0.15) is 11.3 Å². The zero-order chi connectivity index (χ0) is 22.5. The maximum absolute atomic E-state index is 6.67. The Morgan fingerprint density at radius 2 is 1.27 bits per heavy atom. The minimum absolute atomic E-state index is 0.306. The highest BCUT2D eigenvalue weighted by Crippen LogP contribution is 2.47. The Balaban J connectivity index is 1.82. The molecule has 1 aromatic heterocycles. The second-order valence-corrected chi connectivity index (χ2v) is 9.19. The number of hydrogen-bond acceptors (Lipinski definition) is 1. The van der Waals surface area contributed by atoms with Gasteiger partial charge in [-0.05, 0) is 57.1 Å². The Bertz CT molecular complexity index is 1630. The number of aryl methyl sites for hydroxylation is 1. The van der Waals surface area contributed by atoms with Gasteiger partial charge >= 0.3 is 0 Å². The molecule has 0 aliphatic rings. The van der Waals surface area contributed by atoms with Gasteiger partial charge in [-0.1, -0.05) is 105 Å². The molecule has 5 aromatic carbocycles. The van der Waals surface area contributed by atoms with E-state index >= 15 is 0 Å². The predicted molar refractivity (Wildman–Crippen MR) is 141 cm³/mol. The topological polar surface area (TPSA) is 13.1 Å². The van der Waals surface area contributed by atoms with Gasteiger partial charge in [-0.15, -0.1) is 0 Å². The van der Waals surface area contributed by atoms with Crippen LogP contribution in [0.5, 0.6) is 0 Å². The number of benzene rings is 5. The second-order valence-electron chi connectivity index (χ2n) is 9.19. The van der Waals surface area contributed by atoms with Crippen LogP contribution in [0, 0.1) is 6.92 Å². The number of rotatable bonds is 3. The first-order valence-corrected chi connectivity index (χ1v) is 11.7. The lowest BCUT2D eigenvalue weighted by atomic mass is 9.83. The maximum Gasteiger partial charge on any atom is 0.139 e. The van der Waals surface area contributed by atoms with Gasteiger partial charge in [0.2, 0.25) is 0 Å². The number of hydrogen-bond donors (Lipinski definition) is 0. The minimum atomic E-state index is 0.306. The van der Waals surface area contributed by atoms with Crippen LogP contribution in [0.3, 0.4) is 0 Å². The van der Waals surface area contributed by atoms with E-state index in [-0.39, 0.29) is 0 Å². The third-order valence-corrected chi connectivity index (χ3v) is 6.76. The molecule has 1 nitrogen and oxygen atoms in total. The average Bonchev–Trinajstić information content (AvgIpc) is 3.29. The average molecular weight is 427 g/mol. The first-order chi connectivity index (χ1) is 16.1. The Labute approximate surface area is 194 Å². The summed E-state index contributed by atoms with van der Waals surface area (Å²) < 4.78 is 6.67. The van der Waals surface area contributed by atoms with Crippen LogP contribution in [-0.4, -0.2) is 0 Å². The van der Waals surface area contributed by atoms with Crippen molar-refractivity contribution in [2.75, 3.05) is 0 Å². The number of fused-ring (bicyclic) bond motifs is 4. The summed E-state index contributed by atoms with van der Waals surface area (Å²) in [6, 6.07) is 34.6. The molecule has 0 unspecified atom stereocenters. The van der Waals surface area contributed by atoms with Gasteiger partial charge in [-0.3, -0.25) is 0 Å². The molecule has 0 aliphatic carbocycles.